The molecule has 1 heterocycles. The third kappa shape index (κ3) is 2.62. The summed E-state index contributed by atoms with van der Waals surface area (Å²) in [5, 5.41) is 3.14. The number of carbonyl (C=O) groups excluding carboxylic acids is 2. The maximum absolute atomic E-state index is 11.9. The number of nitrogens with one attached hydrogen (secondary N) is 1. The molecule has 1 unspecified atom stereocenters. The smallest absolute Gasteiger partial charge is 0.246 e. The Balaban J connectivity index is 1.98. The minimum absolute atomic E-state index is 0.0906. The predicted octanol–water partition coefficient (Wildman–Crippen LogP) is 1.69. The highest BCUT2D eigenvalue weighted by Crippen LogP contribution is 2.17. The number of benzene rings is 1. The summed E-state index contributed by atoms with van der Waals surface area (Å²) in [4.78, 5) is 24.7. The fourth-order valence-electron chi connectivity index (χ4n) is 2.05. The molecule has 0 aromatic heterocycles. The minimum Gasteiger partial charge on any atom is -0.301 e. The number of likely N-dealkylation sites (tertiary alicyclic amines) is 1. The molecule has 0 aliphatic carbocycles. The highest BCUT2D eigenvalue weighted by atomic mass is 79.9. The van der Waals surface area contributed by atoms with Crippen LogP contribution in [-0.2, 0) is 16.1 Å². The molecule has 1 fully saturated rings. The summed E-state index contributed by atoms with van der Waals surface area (Å²) in [7, 11) is 0. The zero-order valence-corrected chi connectivity index (χ0v) is 11.7. The van der Waals surface area contributed by atoms with Crippen LogP contribution < -0.4 is 5.32 Å². The van der Waals surface area contributed by atoms with Crippen molar-refractivity contribution < 1.29 is 9.59 Å². The molecule has 1 aromatic rings. The third-order valence-corrected chi connectivity index (χ3v) is 3.83. The van der Waals surface area contributed by atoms with Gasteiger partial charge in [0.05, 0.1) is 12.5 Å². The van der Waals surface area contributed by atoms with Gasteiger partial charge in [0.25, 0.3) is 0 Å². The summed E-state index contributed by atoms with van der Waals surface area (Å²) in [5.41, 5.74) is 1.08. The summed E-state index contributed by atoms with van der Waals surface area (Å²) in [6.07, 6.45) is 0.261. The average molecular weight is 311 g/mol. The molecule has 5 heteroatoms. The monoisotopic (exact) mass is 310 g/mol. The van der Waals surface area contributed by atoms with Gasteiger partial charge < -0.3 is 5.32 Å². The van der Waals surface area contributed by atoms with Crippen LogP contribution in [0.15, 0.2) is 28.7 Å². The zero-order valence-electron chi connectivity index (χ0n) is 10.1. The van der Waals surface area contributed by atoms with Crippen molar-refractivity contribution >= 4 is 27.7 Å². The number of imide groups is 1. The van der Waals surface area contributed by atoms with Crippen LogP contribution >= 0.6 is 15.9 Å². The van der Waals surface area contributed by atoms with E-state index in [1.54, 1.807) is 0 Å². The molecule has 1 aliphatic heterocycles. The van der Waals surface area contributed by atoms with Gasteiger partial charge in [-0.3, -0.25) is 14.5 Å². The summed E-state index contributed by atoms with van der Waals surface area (Å²) in [5.74, 6) is -0.207. The van der Waals surface area contributed by atoms with E-state index in [1.807, 2.05) is 31.2 Å². The number of carbonyl (C=O) groups is 2. The van der Waals surface area contributed by atoms with Crippen molar-refractivity contribution in [1.29, 1.82) is 0 Å². The predicted molar refractivity (Wildman–Crippen MR) is 71.8 cm³/mol. The second kappa shape index (κ2) is 5.63. The quantitative estimate of drug-likeness (QED) is 0.861. The van der Waals surface area contributed by atoms with Crippen LogP contribution in [0, 0.1) is 0 Å². The lowest BCUT2D eigenvalue weighted by molar-refractivity contribution is -0.138. The highest BCUT2D eigenvalue weighted by Gasteiger charge is 2.36. The van der Waals surface area contributed by atoms with Crippen molar-refractivity contribution in [2.24, 2.45) is 0 Å². The lowest BCUT2D eigenvalue weighted by Crippen LogP contribution is -2.38. The van der Waals surface area contributed by atoms with E-state index in [-0.39, 0.29) is 24.3 Å². The topological polar surface area (TPSA) is 49.4 Å². The van der Waals surface area contributed by atoms with Crippen molar-refractivity contribution in [3.63, 3.8) is 0 Å². The van der Waals surface area contributed by atoms with Gasteiger partial charge in [-0.1, -0.05) is 34.1 Å². The lowest BCUT2D eigenvalue weighted by Gasteiger charge is -2.13. The first-order valence-electron chi connectivity index (χ1n) is 5.94. The molecule has 1 aromatic carbocycles. The molecular formula is C13H15BrN2O2. The van der Waals surface area contributed by atoms with Crippen molar-refractivity contribution in [1.82, 2.24) is 10.2 Å². The minimum atomic E-state index is -0.385. The normalized spacial score (nSPS) is 19.7. The summed E-state index contributed by atoms with van der Waals surface area (Å²) >= 11 is 3.46. The molecule has 96 valence electrons. The Kier molecular flexibility index (Phi) is 4.14. The van der Waals surface area contributed by atoms with Crippen LogP contribution in [0.4, 0.5) is 0 Å². The van der Waals surface area contributed by atoms with Crippen LogP contribution in [0.5, 0.6) is 0 Å². The molecular weight excluding hydrogens is 296 g/mol. The molecule has 1 saturated heterocycles. The van der Waals surface area contributed by atoms with Gasteiger partial charge in [0.1, 0.15) is 0 Å². The Hall–Kier alpha value is -1.20. The van der Waals surface area contributed by atoms with Gasteiger partial charge in [-0.2, -0.15) is 0 Å². The van der Waals surface area contributed by atoms with Gasteiger partial charge in [0.15, 0.2) is 0 Å². The second-order valence-corrected chi connectivity index (χ2v) is 5.06. The molecule has 4 nitrogen and oxygen atoms in total. The van der Waals surface area contributed by atoms with Gasteiger partial charge >= 0.3 is 0 Å². The van der Waals surface area contributed by atoms with Gasteiger partial charge in [-0.25, -0.2) is 0 Å². The molecule has 2 amide bonds. The lowest BCUT2D eigenvalue weighted by atomic mass is 10.2. The van der Waals surface area contributed by atoms with E-state index in [0.717, 1.165) is 10.0 Å². The van der Waals surface area contributed by atoms with Gasteiger partial charge in [0.2, 0.25) is 11.8 Å². The maximum Gasteiger partial charge on any atom is 0.246 e. The van der Waals surface area contributed by atoms with E-state index in [9.17, 15) is 9.59 Å². The zero-order chi connectivity index (χ0) is 13.1. The number of nitrogens with zero attached hydrogens (tertiary/aromatic N) is 1. The first-order chi connectivity index (χ1) is 8.63. The van der Waals surface area contributed by atoms with Crippen LogP contribution in [0.25, 0.3) is 0 Å². The molecule has 0 spiro atoms. The fourth-order valence-corrected chi connectivity index (χ4v) is 2.47. The maximum atomic E-state index is 11.9. The van der Waals surface area contributed by atoms with Gasteiger partial charge in [0, 0.05) is 17.6 Å². The molecule has 2 rings (SSSR count). The Morgan fingerprint density at radius 3 is 2.72 bits per heavy atom. The summed E-state index contributed by atoms with van der Waals surface area (Å²) in [6, 6.07) is 7.44. The Morgan fingerprint density at radius 1 is 1.39 bits per heavy atom. The highest BCUT2D eigenvalue weighted by molar-refractivity contribution is 9.10. The van der Waals surface area contributed by atoms with E-state index in [2.05, 4.69) is 21.2 Å². The first kappa shape index (κ1) is 13.2. The van der Waals surface area contributed by atoms with Gasteiger partial charge in [-0.15, -0.1) is 0 Å². The van der Waals surface area contributed by atoms with Crippen molar-refractivity contribution in [3.05, 3.63) is 34.3 Å². The number of rotatable bonds is 4. The van der Waals surface area contributed by atoms with Crippen molar-refractivity contribution in [2.75, 3.05) is 6.54 Å². The number of halogens is 1. The Bertz CT molecular complexity index is 476. The second-order valence-electron chi connectivity index (χ2n) is 4.21. The van der Waals surface area contributed by atoms with Crippen LogP contribution in [0.3, 0.4) is 0 Å². The van der Waals surface area contributed by atoms with E-state index < -0.39 is 0 Å². The van der Waals surface area contributed by atoms with Crippen LogP contribution in [0.1, 0.15) is 18.9 Å². The standard InChI is InChI=1S/C13H15BrN2O2/c1-2-16-12(17)7-11(13(16)18)15-8-9-5-3-4-6-10(9)14/h3-6,11,15H,2,7-8H2,1H3. The fraction of sp³-hybridized carbons (Fsp3) is 0.385. The van der Waals surface area contributed by atoms with Crippen LogP contribution in [0.2, 0.25) is 0 Å². The number of hydrogen-bond donors (Lipinski definition) is 1. The largest absolute Gasteiger partial charge is 0.301 e. The van der Waals surface area contributed by atoms with E-state index in [1.165, 1.54) is 4.90 Å². The molecule has 1 atom stereocenters. The number of likely N-dealkylation sites (N-methyl/N-ethyl adjacent to an activating group) is 1. The molecule has 0 radical (unpaired) electrons. The van der Waals surface area contributed by atoms with E-state index in [0.29, 0.717) is 13.1 Å². The van der Waals surface area contributed by atoms with E-state index >= 15 is 0 Å². The Morgan fingerprint density at radius 2 is 2.11 bits per heavy atom. The van der Waals surface area contributed by atoms with Gasteiger partial charge in [-0.05, 0) is 18.6 Å². The van der Waals surface area contributed by atoms with Crippen molar-refractivity contribution in [3.8, 4) is 0 Å². The SMILES string of the molecule is CCN1C(=O)CC(NCc2ccccc2Br)C1=O. The van der Waals surface area contributed by atoms with E-state index in [4.69, 9.17) is 0 Å². The first-order valence-corrected chi connectivity index (χ1v) is 6.73. The Labute approximate surface area is 114 Å². The molecule has 1 aliphatic rings. The average Bonchev–Trinajstić information content (AvgIpc) is 2.63. The number of hydrogen-bond acceptors (Lipinski definition) is 3. The molecule has 1 N–H and O–H groups in total. The van der Waals surface area contributed by atoms with Crippen LogP contribution in [-0.4, -0.2) is 29.3 Å². The third-order valence-electron chi connectivity index (χ3n) is 3.06. The molecule has 18 heavy (non-hydrogen) atoms. The van der Waals surface area contributed by atoms with Crippen molar-refractivity contribution in [2.45, 2.75) is 25.9 Å². The summed E-state index contributed by atoms with van der Waals surface area (Å²) < 4.78 is 1.00. The number of amides is 2. The molecule has 0 bridgehead atoms. The molecule has 0 saturated carbocycles. The summed E-state index contributed by atoms with van der Waals surface area (Å²) in [6.45, 7) is 2.83.